The molecule has 0 saturated carbocycles. The molecule has 0 radical (unpaired) electrons. The maximum absolute atomic E-state index is 10.5. The molecule has 0 aliphatic carbocycles. The van der Waals surface area contributed by atoms with Crippen LogP contribution in [-0.2, 0) is 4.79 Å². The Balaban J connectivity index is 2.94. The van der Waals surface area contributed by atoms with Crippen LogP contribution in [0.1, 0.15) is 12.5 Å². The van der Waals surface area contributed by atoms with Gasteiger partial charge in [0, 0.05) is 29.6 Å². The average molecular weight is 242 g/mol. The van der Waals surface area contributed by atoms with Gasteiger partial charge in [0.2, 0.25) is 5.91 Å². The predicted molar refractivity (Wildman–Crippen MR) is 59.5 cm³/mol. The van der Waals surface area contributed by atoms with E-state index in [0.717, 1.165) is 0 Å². The van der Waals surface area contributed by atoms with E-state index in [1.807, 2.05) is 0 Å². The Morgan fingerprint density at radius 3 is 2.88 bits per heavy atom. The van der Waals surface area contributed by atoms with E-state index in [0.29, 0.717) is 10.6 Å². The van der Waals surface area contributed by atoms with Crippen LogP contribution in [0.5, 0.6) is 0 Å². The second-order valence-electron chi connectivity index (χ2n) is 2.89. The van der Waals surface area contributed by atoms with Crippen LogP contribution in [0.2, 0.25) is 5.02 Å². The first-order valence-corrected chi connectivity index (χ1v) is 4.62. The molecule has 84 valence electrons. The summed E-state index contributed by atoms with van der Waals surface area (Å²) >= 11 is 5.79. The van der Waals surface area contributed by atoms with Crippen molar-refractivity contribution in [1.82, 2.24) is 5.43 Å². The van der Waals surface area contributed by atoms with Crippen molar-refractivity contribution >= 4 is 29.4 Å². The van der Waals surface area contributed by atoms with Crippen LogP contribution < -0.4 is 5.43 Å². The summed E-state index contributed by atoms with van der Waals surface area (Å²) in [5, 5.41) is 14.4. The summed E-state index contributed by atoms with van der Waals surface area (Å²) in [5.74, 6) is -0.335. The molecule has 0 spiro atoms. The molecule has 0 aliphatic heterocycles. The van der Waals surface area contributed by atoms with Crippen molar-refractivity contribution in [3.8, 4) is 0 Å². The molecule has 16 heavy (non-hydrogen) atoms. The average Bonchev–Trinajstić information content (AvgIpc) is 2.20. The smallest absolute Gasteiger partial charge is 0.270 e. The number of halogens is 1. The van der Waals surface area contributed by atoms with E-state index in [1.54, 1.807) is 0 Å². The number of nitrogens with one attached hydrogen (secondary N) is 1. The Kier molecular flexibility index (Phi) is 3.96. The van der Waals surface area contributed by atoms with Crippen molar-refractivity contribution in [2.24, 2.45) is 5.10 Å². The number of nitro benzene ring substituents is 1. The van der Waals surface area contributed by atoms with Crippen molar-refractivity contribution in [2.75, 3.05) is 0 Å². The van der Waals surface area contributed by atoms with Crippen molar-refractivity contribution in [3.05, 3.63) is 38.9 Å². The number of hydrogen-bond acceptors (Lipinski definition) is 4. The fourth-order valence-corrected chi connectivity index (χ4v) is 1.10. The van der Waals surface area contributed by atoms with Crippen LogP contribution >= 0.6 is 11.6 Å². The summed E-state index contributed by atoms with van der Waals surface area (Å²) in [4.78, 5) is 20.5. The highest BCUT2D eigenvalue weighted by atomic mass is 35.5. The first-order valence-electron chi connectivity index (χ1n) is 4.24. The lowest BCUT2D eigenvalue weighted by molar-refractivity contribution is -0.384. The van der Waals surface area contributed by atoms with Crippen molar-refractivity contribution in [2.45, 2.75) is 6.92 Å². The molecule has 0 fully saturated rings. The van der Waals surface area contributed by atoms with Gasteiger partial charge in [-0.2, -0.15) is 5.10 Å². The monoisotopic (exact) mass is 241 g/mol. The quantitative estimate of drug-likeness (QED) is 0.497. The number of non-ortho nitro benzene ring substituents is 1. The van der Waals surface area contributed by atoms with Crippen LogP contribution in [0.4, 0.5) is 5.69 Å². The number of benzene rings is 1. The molecule has 0 heterocycles. The molecule has 0 bridgehead atoms. The maximum Gasteiger partial charge on any atom is 0.270 e. The second kappa shape index (κ2) is 5.22. The lowest BCUT2D eigenvalue weighted by Crippen LogP contribution is -2.12. The van der Waals surface area contributed by atoms with Crippen LogP contribution in [0.3, 0.4) is 0 Å². The Labute approximate surface area is 96.1 Å². The highest BCUT2D eigenvalue weighted by molar-refractivity contribution is 6.33. The molecule has 1 rings (SSSR count). The molecule has 6 nitrogen and oxygen atoms in total. The predicted octanol–water partition coefficient (Wildman–Crippen LogP) is 1.72. The summed E-state index contributed by atoms with van der Waals surface area (Å²) < 4.78 is 0. The van der Waals surface area contributed by atoms with Gasteiger partial charge in [0.25, 0.3) is 5.69 Å². The fourth-order valence-electron chi connectivity index (χ4n) is 0.936. The zero-order chi connectivity index (χ0) is 12.1. The van der Waals surface area contributed by atoms with Gasteiger partial charge in [0.1, 0.15) is 0 Å². The highest BCUT2D eigenvalue weighted by Crippen LogP contribution is 2.20. The molecule has 1 amide bonds. The zero-order valence-corrected chi connectivity index (χ0v) is 9.06. The normalized spacial score (nSPS) is 10.4. The number of carbonyl (C=O) groups excluding carboxylic acids is 1. The Hall–Kier alpha value is -1.95. The van der Waals surface area contributed by atoms with Gasteiger partial charge in [-0.25, -0.2) is 5.43 Å². The fraction of sp³-hybridized carbons (Fsp3) is 0.111. The van der Waals surface area contributed by atoms with E-state index < -0.39 is 4.92 Å². The molecule has 7 heteroatoms. The van der Waals surface area contributed by atoms with Gasteiger partial charge in [0.05, 0.1) is 11.1 Å². The van der Waals surface area contributed by atoms with Gasteiger partial charge >= 0.3 is 0 Å². The lowest BCUT2D eigenvalue weighted by atomic mass is 10.2. The molecule has 1 aromatic rings. The van der Waals surface area contributed by atoms with Crippen molar-refractivity contribution in [1.29, 1.82) is 0 Å². The Bertz CT molecular complexity index is 459. The number of carbonyl (C=O) groups is 1. The Morgan fingerprint density at radius 1 is 1.62 bits per heavy atom. The van der Waals surface area contributed by atoms with Gasteiger partial charge in [-0.1, -0.05) is 11.6 Å². The molecule has 0 unspecified atom stereocenters. The van der Waals surface area contributed by atoms with Gasteiger partial charge in [-0.3, -0.25) is 14.9 Å². The number of hydrazone groups is 1. The third-order valence-electron chi connectivity index (χ3n) is 1.62. The van der Waals surface area contributed by atoms with Crippen molar-refractivity contribution < 1.29 is 9.72 Å². The van der Waals surface area contributed by atoms with E-state index in [-0.39, 0.29) is 11.6 Å². The summed E-state index contributed by atoms with van der Waals surface area (Å²) in [6.45, 7) is 1.30. The summed E-state index contributed by atoms with van der Waals surface area (Å²) in [7, 11) is 0. The SMILES string of the molecule is CC(=O)N/N=C\c1cc([N+](=O)[O-])ccc1Cl. The second-order valence-corrected chi connectivity index (χ2v) is 3.30. The van der Waals surface area contributed by atoms with Crippen molar-refractivity contribution in [3.63, 3.8) is 0 Å². The van der Waals surface area contributed by atoms with E-state index in [9.17, 15) is 14.9 Å². The third kappa shape index (κ3) is 3.32. The zero-order valence-electron chi connectivity index (χ0n) is 8.31. The van der Waals surface area contributed by atoms with Gasteiger partial charge in [-0.05, 0) is 6.07 Å². The number of nitrogens with zero attached hydrogens (tertiary/aromatic N) is 2. The molecular formula is C9H8ClN3O3. The number of amides is 1. The molecular weight excluding hydrogens is 234 g/mol. The molecule has 1 aromatic carbocycles. The Morgan fingerprint density at radius 2 is 2.31 bits per heavy atom. The summed E-state index contributed by atoms with van der Waals surface area (Å²) in [6, 6.07) is 3.96. The first kappa shape index (κ1) is 12.1. The minimum absolute atomic E-state index is 0.0892. The molecule has 0 atom stereocenters. The van der Waals surface area contributed by atoms with Crippen LogP contribution in [0.25, 0.3) is 0 Å². The van der Waals surface area contributed by atoms with Crippen LogP contribution in [0.15, 0.2) is 23.3 Å². The molecule has 0 aliphatic rings. The van der Waals surface area contributed by atoms with Gasteiger partial charge in [-0.15, -0.1) is 0 Å². The summed E-state index contributed by atoms with van der Waals surface area (Å²) in [5.41, 5.74) is 2.45. The maximum atomic E-state index is 10.5. The first-order chi connectivity index (χ1) is 7.50. The van der Waals surface area contributed by atoms with Gasteiger partial charge < -0.3 is 0 Å². The molecule has 0 aromatic heterocycles. The molecule has 0 saturated heterocycles. The number of nitro groups is 1. The number of hydrogen-bond donors (Lipinski definition) is 1. The standard InChI is InChI=1S/C9H8ClN3O3/c1-6(14)12-11-5-7-4-8(13(15)16)2-3-9(7)10/h2-5H,1H3,(H,12,14)/b11-5-. The van der Waals surface area contributed by atoms with E-state index in [4.69, 9.17) is 11.6 Å². The van der Waals surface area contributed by atoms with Crippen LogP contribution in [0, 0.1) is 10.1 Å². The van der Waals surface area contributed by atoms with E-state index in [1.165, 1.54) is 31.3 Å². The summed E-state index contributed by atoms with van der Waals surface area (Å²) in [6.07, 6.45) is 1.25. The molecule has 1 N–H and O–H groups in total. The number of rotatable bonds is 3. The largest absolute Gasteiger partial charge is 0.274 e. The van der Waals surface area contributed by atoms with E-state index in [2.05, 4.69) is 10.5 Å². The van der Waals surface area contributed by atoms with Crippen LogP contribution in [-0.4, -0.2) is 17.0 Å². The minimum atomic E-state index is -0.536. The topological polar surface area (TPSA) is 84.6 Å². The van der Waals surface area contributed by atoms with Gasteiger partial charge in [0.15, 0.2) is 0 Å². The minimum Gasteiger partial charge on any atom is -0.274 e. The highest BCUT2D eigenvalue weighted by Gasteiger charge is 2.07. The lowest BCUT2D eigenvalue weighted by Gasteiger charge is -1.97. The third-order valence-corrected chi connectivity index (χ3v) is 1.96. The van der Waals surface area contributed by atoms with E-state index >= 15 is 0 Å².